The summed E-state index contributed by atoms with van der Waals surface area (Å²) in [4.78, 5) is 27.3. The van der Waals surface area contributed by atoms with Gasteiger partial charge in [0.05, 0.1) is 4.88 Å². The molecule has 0 fully saturated rings. The van der Waals surface area contributed by atoms with Crippen molar-refractivity contribution in [3.8, 4) is 0 Å². The summed E-state index contributed by atoms with van der Waals surface area (Å²) in [7, 11) is 0. The van der Waals surface area contributed by atoms with Gasteiger partial charge in [-0.2, -0.15) is 0 Å². The maximum absolute atomic E-state index is 12.9. The van der Waals surface area contributed by atoms with Gasteiger partial charge in [0.15, 0.2) is 0 Å². The lowest BCUT2D eigenvalue weighted by molar-refractivity contribution is 0.0993. The van der Waals surface area contributed by atoms with Gasteiger partial charge in [0.25, 0.3) is 5.91 Å². The molecule has 0 saturated carbocycles. The molecule has 0 bridgehead atoms. The molecule has 27 heavy (non-hydrogen) atoms. The lowest BCUT2D eigenvalue weighted by Crippen LogP contribution is -2.28. The molecule has 0 spiro atoms. The highest BCUT2D eigenvalue weighted by molar-refractivity contribution is 7.12. The van der Waals surface area contributed by atoms with Crippen LogP contribution in [0.2, 0.25) is 0 Å². The number of urea groups is 1. The molecule has 1 aromatic heterocycles. The van der Waals surface area contributed by atoms with E-state index in [0.29, 0.717) is 22.8 Å². The van der Waals surface area contributed by atoms with E-state index in [1.807, 2.05) is 29.6 Å². The van der Waals surface area contributed by atoms with Gasteiger partial charge in [0.2, 0.25) is 0 Å². The second-order valence-electron chi connectivity index (χ2n) is 6.11. The number of rotatable bonds is 3. The lowest BCUT2D eigenvalue weighted by atomic mass is 10.1. The standard InChI is InChI=1S/C20H16FN3O2S/c21-14-4-7-15(8-5-14)22-20(26)23-16-6-3-13-9-10-24(17(13)12-16)19(25)18-2-1-11-27-18/h1-8,11-12H,9-10H2,(H2,22,23,26). The van der Waals surface area contributed by atoms with Crippen molar-refractivity contribution >= 4 is 40.3 Å². The van der Waals surface area contributed by atoms with Gasteiger partial charge >= 0.3 is 6.03 Å². The Balaban J connectivity index is 1.49. The third kappa shape index (κ3) is 3.68. The number of nitrogens with one attached hydrogen (secondary N) is 2. The number of carbonyl (C=O) groups excluding carboxylic acids is 2. The molecule has 3 aromatic rings. The van der Waals surface area contributed by atoms with Crippen LogP contribution < -0.4 is 15.5 Å². The fourth-order valence-corrected chi connectivity index (χ4v) is 3.70. The first-order valence-corrected chi connectivity index (χ1v) is 9.30. The summed E-state index contributed by atoms with van der Waals surface area (Å²) in [6.45, 7) is 0.622. The minimum absolute atomic E-state index is 0.0309. The molecule has 0 aliphatic carbocycles. The predicted molar refractivity (Wildman–Crippen MR) is 105 cm³/mol. The van der Waals surface area contributed by atoms with E-state index in [1.54, 1.807) is 11.0 Å². The highest BCUT2D eigenvalue weighted by Gasteiger charge is 2.26. The van der Waals surface area contributed by atoms with E-state index < -0.39 is 6.03 Å². The molecule has 0 radical (unpaired) electrons. The molecule has 2 N–H and O–H groups in total. The number of hydrogen-bond acceptors (Lipinski definition) is 3. The largest absolute Gasteiger partial charge is 0.323 e. The Bertz CT molecular complexity index is 987. The van der Waals surface area contributed by atoms with Crippen LogP contribution in [-0.4, -0.2) is 18.5 Å². The number of fused-ring (bicyclic) bond motifs is 1. The van der Waals surface area contributed by atoms with Crippen molar-refractivity contribution < 1.29 is 14.0 Å². The molecule has 2 heterocycles. The Morgan fingerprint density at radius 1 is 1.00 bits per heavy atom. The molecular weight excluding hydrogens is 365 g/mol. The first-order chi connectivity index (χ1) is 13.1. The van der Waals surface area contributed by atoms with Gasteiger partial charge in [0.1, 0.15) is 5.82 Å². The zero-order chi connectivity index (χ0) is 18.8. The predicted octanol–water partition coefficient (Wildman–Crippen LogP) is 4.73. The second-order valence-corrected chi connectivity index (χ2v) is 7.06. The van der Waals surface area contributed by atoms with Crippen LogP contribution in [0.1, 0.15) is 15.2 Å². The third-order valence-corrected chi connectivity index (χ3v) is 5.18. The van der Waals surface area contributed by atoms with Gasteiger partial charge in [0, 0.05) is 23.6 Å². The Hall–Kier alpha value is -3.19. The Kier molecular flexibility index (Phi) is 4.60. The summed E-state index contributed by atoms with van der Waals surface area (Å²) in [6.07, 6.45) is 0.786. The fourth-order valence-electron chi connectivity index (χ4n) is 3.03. The molecule has 3 amide bonds. The summed E-state index contributed by atoms with van der Waals surface area (Å²) in [5, 5.41) is 7.27. The van der Waals surface area contributed by atoms with E-state index in [2.05, 4.69) is 10.6 Å². The number of thiophene rings is 1. The SMILES string of the molecule is O=C(Nc1ccc(F)cc1)Nc1ccc2c(c1)N(C(=O)c1cccs1)CC2. The number of benzene rings is 2. The van der Waals surface area contributed by atoms with Gasteiger partial charge in [-0.1, -0.05) is 12.1 Å². The highest BCUT2D eigenvalue weighted by Crippen LogP contribution is 2.32. The molecule has 0 atom stereocenters. The maximum Gasteiger partial charge on any atom is 0.323 e. The number of carbonyl (C=O) groups is 2. The third-order valence-electron chi connectivity index (χ3n) is 4.32. The topological polar surface area (TPSA) is 61.4 Å². The van der Waals surface area contributed by atoms with Gasteiger partial charge in [-0.05, 0) is 59.8 Å². The molecule has 5 nitrogen and oxygen atoms in total. The maximum atomic E-state index is 12.9. The van der Waals surface area contributed by atoms with Crippen LogP contribution in [0.25, 0.3) is 0 Å². The van der Waals surface area contributed by atoms with E-state index in [0.717, 1.165) is 17.7 Å². The number of halogens is 1. The monoisotopic (exact) mass is 381 g/mol. The molecule has 1 aliphatic rings. The van der Waals surface area contributed by atoms with E-state index in [-0.39, 0.29) is 11.7 Å². The van der Waals surface area contributed by atoms with Crippen LogP contribution in [-0.2, 0) is 6.42 Å². The van der Waals surface area contributed by atoms with Gasteiger partial charge < -0.3 is 15.5 Å². The van der Waals surface area contributed by atoms with Crippen LogP contribution in [0.15, 0.2) is 60.0 Å². The van der Waals surface area contributed by atoms with Crippen molar-refractivity contribution in [3.05, 3.63) is 76.2 Å². The Morgan fingerprint density at radius 2 is 1.74 bits per heavy atom. The van der Waals surface area contributed by atoms with E-state index >= 15 is 0 Å². The van der Waals surface area contributed by atoms with E-state index in [4.69, 9.17) is 0 Å². The molecule has 136 valence electrons. The normalized spacial score (nSPS) is 12.6. The molecule has 2 aromatic carbocycles. The highest BCUT2D eigenvalue weighted by atomic mass is 32.1. The lowest BCUT2D eigenvalue weighted by Gasteiger charge is -2.17. The van der Waals surface area contributed by atoms with Crippen LogP contribution in [0.5, 0.6) is 0 Å². The molecule has 0 saturated heterocycles. The first kappa shape index (κ1) is 17.2. The van der Waals surface area contributed by atoms with Crippen molar-refractivity contribution in [2.75, 3.05) is 22.1 Å². The van der Waals surface area contributed by atoms with Crippen molar-refractivity contribution in [1.29, 1.82) is 0 Å². The molecule has 4 rings (SSSR count). The number of anilines is 3. The van der Waals surface area contributed by atoms with E-state index in [9.17, 15) is 14.0 Å². The summed E-state index contributed by atoms with van der Waals surface area (Å²) >= 11 is 1.41. The van der Waals surface area contributed by atoms with Crippen molar-refractivity contribution in [2.24, 2.45) is 0 Å². The summed E-state index contributed by atoms with van der Waals surface area (Å²) in [5.74, 6) is -0.397. The quantitative estimate of drug-likeness (QED) is 0.689. The molecule has 0 unspecified atom stereocenters. The van der Waals surface area contributed by atoms with Crippen molar-refractivity contribution in [3.63, 3.8) is 0 Å². The summed E-state index contributed by atoms with van der Waals surface area (Å²) in [6, 6.07) is 14.3. The minimum atomic E-state index is -0.435. The Morgan fingerprint density at radius 3 is 2.48 bits per heavy atom. The first-order valence-electron chi connectivity index (χ1n) is 8.42. The van der Waals surface area contributed by atoms with Gasteiger partial charge in [-0.25, -0.2) is 9.18 Å². The van der Waals surface area contributed by atoms with Crippen molar-refractivity contribution in [1.82, 2.24) is 0 Å². The number of amides is 3. The van der Waals surface area contributed by atoms with Crippen LogP contribution in [0.4, 0.5) is 26.2 Å². The van der Waals surface area contributed by atoms with Gasteiger partial charge in [-0.15, -0.1) is 11.3 Å². The van der Waals surface area contributed by atoms with Crippen molar-refractivity contribution in [2.45, 2.75) is 6.42 Å². The average molecular weight is 381 g/mol. The molecular formula is C20H16FN3O2S. The van der Waals surface area contributed by atoms with E-state index in [1.165, 1.54) is 35.6 Å². The number of hydrogen-bond donors (Lipinski definition) is 2. The molecule has 1 aliphatic heterocycles. The smallest absolute Gasteiger partial charge is 0.308 e. The molecule has 7 heteroatoms. The Labute approximate surface area is 159 Å². The summed E-state index contributed by atoms with van der Waals surface area (Å²) < 4.78 is 12.9. The minimum Gasteiger partial charge on any atom is -0.308 e. The fraction of sp³-hybridized carbons (Fsp3) is 0.100. The van der Waals surface area contributed by atoms with Gasteiger partial charge in [-0.3, -0.25) is 4.79 Å². The second kappa shape index (κ2) is 7.20. The zero-order valence-corrected chi connectivity index (χ0v) is 15.1. The average Bonchev–Trinajstić information content (AvgIpc) is 3.32. The zero-order valence-electron chi connectivity index (χ0n) is 14.2. The van der Waals surface area contributed by atoms with Crippen LogP contribution in [0, 0.1) is 5.82 Å². The van der Waals surface area contributed by atoms with Crippen LogP contribution in [0.3, 0.4) is 0 Å². The number of nitrogens with zero attached hydrogens (tertiary/aromatic N) is 1. The van der Waals surface area contributed by atoms with Crippen LogP contribution >= 0.6 is 11.3 Å². The summed E-state index contributed by atoms with van der Waals surface area (Å²) in [5.41, 5.74) is 2.96.